The second-order valence-electron chi connectivity index (χ2n) is 3.86. The summed E-state index contributed by atoms with van der Waals surface area (Å²) in [5.41, 5.74) is 2.85. The third-order valence-corrected chi connectivity index (χ3v) is 3.08. The van der Waals surface area contributed by atoms with Gasteiger partial charge in [-0.05, 0) is 28.1 Å². The molecular formula is C15H14BrNO2. The van der Waals surface area contributed by atoms with Gasteiger partial charge in [0.05, 0.1) is 20.5 Å². The van der Waals surface area contributed by atoms with Crippen LogP contribution < -0.4 is 4.74 Å². The molecule has 0 saturated heterocycles. The van der Waals surface area contributed by atoms with Crippen LogP contribution in [-0.2, 0) is 4.74 Å². The zero-order valence-electron chi connectivity index (χ0n) is 10.8. The third-order valence-electron chi connectivity index (χ3n) is 2.65. The Kier molecular flexibility index (Phi) is 4.58. The van der Waals surface area contributed by atoms with Crippen LogP contribution in [-0.4, -0.2) is 19.2 Å². The van der Waals surface area contributed by atoms with E-state index in [0.29, 0.717) is 0 Å². The number of benzene rings is 1. The van der Waals surface area contributed by atoms with Crippen LogP contribution in [0.2, 0.25) is 0 Å². The fourth-order valence-electron chi connectivity index (χ4n) is 1.83. The predicted octanol–water partition coefficient (Wildman–Crippen LogP) is 3.89. The van der Waals surface area contributed by atoms with Gasteiger partial charge < -0.3 is 9.47 Å². The molecule has 0 aliphatic rings. The van der Waals surface area contributed by atoms with E-state index in [1.54, 1.807) is 32.9 Å². The van der Waals surface area contributed by atoms with Crippen LogP contribution in [0.15, 0.2) is 53.5 Å². The highest BCUT2D eigenvalue weighted by atomic mass is 79.9. The van der Waals surface area contributed by atoms with Crippen LogP contribution in [0.1, 0.15) is 11.1 Å². The van der Waals surface area contributed by atoms with Crippen LogP contribution in [0.25, 0.3) is 5.57 Å². The van der Waals surface area contributed by atoms with Gasteiger partial charge in [-0.25, -0.2) is 0 Å². The van der Waals surface area contributed by atoms with Crippen molar-refractivity contribution in [1.29, 1.82) is 0 Å². The average molecular weight is 320 g/mol. The van der Waals surface area contributed by atoms with E-state index in [1.807, 2.05) is 30.3 Å². The quantitative estimate of drug-likeness (QED) is 0.801. The zero-order chi connectivity index (χ0) is 13.7. The first-order valence-corrected chi connectivity index (χ1v) is 6.53. The molecule has 2 aromatic rings. The summed E-state index contributed by atoms with van der Waals surface area (Å²) in [4.78, 5) is 4.18. The molecule has 0 aliphatic carbocycles. The van der Waals surface area contributed by atoms with Gasteiger partial charge in [-0.3, -0.25) is 4.98 Å². The summed E-state index contributed by atoms with van der Waals surface area (Å²) in [5, 5.41) is 0. The smallest absolute Gasteiger partial charge is 0.126 e. The number of para-hydroxylation sites is 1. The predicted molar refractivity (Wildman–Crippen MR) is 79.0 cm³/mol. The summed E-state index contributed by atoms with van der Waals surface area (Å²) >= 11 is 3.43. The molecule has 0 fully saturated rings. The Morgan fingerprint density at radius 1 is 1.21 bits per heavy atom. The monoisotopic (exact) mass is 319 g/mol. The number of halogens is 1. The number of methoxy groups -OCH3 is 2. The number of ether oxygens (including phenoxy) is 2. The Morgan fingerprint density at radius 3 is 2.68 bits per heavy atom. The molecule has 2 rings (SSSR count). The Morgan fingerprint density at radius 2 is 2.00 bits per heavy atom. The molecule has 0 atom stereocenters. The Balaban J connectivity index is 2.55. The van der Waals surface area contributed by atoms with Crippen molar-refractivity contribution >= 4 is 21.5 Å². The van der Waals surface area contributed by atoms with Gasteiger partial charge in [0, 0.05) is 33.6 Å². The van der Waals surface area contributed by atoms with Crippen LogP contribution >= 0.6 is 15.9 Å². The van der Waals surface area contributed by atoms with Crippen molar-refractivity contribution in [3.63, 3.8) is 0 Å². The van der Waals surface area contributed by atoms with Gasteiger partial charge in [0.25, 0.3) is 0 Å². The molecule has 0 N–H and O–H groups in total. The van der Waals surface area contributed by atoms with E-state index in [9.17, 15) is 0 Å². The number of aromatic nitrogens is 1. The van der Waals surface area contributed by atoms with Gasteiger partial charge in [-0.1, -0.05) is 18.2 Å². The van der Waals surface area contributed by atoms with E-state index in [4.69, 9.17) is 9.47 Å². The minimum atomic E-state index is 0.797. The van der Waals surface area contributed by atoms with E-state index >= 15 is 0 Å². The molecule has 0 amide bonds. The summed E-state index contributed by atoms with van der Waals surface area (Å²) in [6.07, 6.45) is 5.24. The summed E-state index contributed by atoms with van der Waals surface area (Å²) in [5.74, 6) is 0.797. The van der Waals surface area contributed by atoms with Gasteiger partial charge in [-0.2, -0.15) is 0 Å². The maximum absolute atomic E-state index is 5.40. The van der Waals surface area contributed by atoms with Crippen molar-refractivity contribution in [2.75, 3.05) is 14.2 Å². The average Bonchev–Trinajstić information content (AvgIpc) is 2.45. The van der Waals surface area contributed by atoms with E-state index in [2.05, 4.69) is 20.9 Å². The second kappa shape index (κ2) is 6.38. The van der Waals surface area contributed by atoms with E-state index in [1.165, 1.54) is 0 Å². The summed E-state index contributed by atoms with van der Waals surface area (Å²) in [6.45, 7) is 0. The maximum Gasteiger partial charge on any atom is 0.126 e. The number of hydrogen-bond donors (Lipinski definition) is 0. The maximum atomic E-state index is 5.40. The molecule has 0 unspecified atom stereocenters. The van der Waals surface area contributed by atoms with E-state index in [0.717, 1.165) is 26.9 Å². The van der Waals surface area contributed by atoms with Gasteiger partial charge in [-0.15, -0.1) is 0 Å². The van der Waals surface area contributed by atoms with Crippen molar-refractivity contribution in [2.45, 2.75) is 0 Å². The molecule has 0 saturated carbocycles. The van der Waals surface area contributed by atoms with Crippen molar-refractivity contribution < 1.29 is 9.47 Å². The Bertz CT molecular complexity index is 596. The van der Waals surface area contributed by atoms with Gasteiger partial charge in [0.2, 0.25) is 0 Å². The lowest BCUT2D eigenvalue weighted by molar-refractivity contribution is 0.339. The minimum absolute atomic E-state index is 0.797. The molecule has 0 spiro atoms. The summed E-state index contributed by atoms with van der Waals surface area (Å²) < 4.78 is 11.5. The Hall–Kier alpha value is -1.81. The topological polar surface area (TPSA) is 31.4 Å². The fraction of sp³-hybridized carbons (Fsp3) is 0.133. The minimum Gasteiger partial charge on any atom is -0.504 e. The van der Waals surface area contributed by atoms with Crippen molar-refractivity contribution in [2.24, 2.45) is 0 Å². The van der Waals surface area contributed by atoms with Crippen LogP contribution in [0, 0.1) is 0 Å². The van der Waals surface area contributed by atoms with Gasteiger partial charge in [0.15, 0.2) is 0 Å². The Labute approximate surface area is 121 Å². The lowest BCUT2D eigenvalue weighted by atomic mass is 10.00. The molecular weight excluding hydrogens is 306 g/mol. The first kappa shape index (κ1) is 13.6. The SMILES string of the molecule is COC=C(c1cncc(Br)c1)c1ccccc1OC. The molecule has 19 heavy (non-hydrogen) atoms. The van der Waals surface area contributed by atoms with Crippen molar-refractivity contribution in [1.82, 2.24) is 4.98 Å². The van der Waals surface area contributed by atoms with Crippen LogP contribution in [0.5, 0.6) is 5.75 Å². The normalized spacial score (nSPS) is 11.2. The molecule has 0 bridgehead atoms. The number of rotatable bonds is 4. The van der Waals surface area contributed by atoms with Crippen LogP contribution in [0.3, 0.4) is 0 Å². The van der Waals surface area contributed by atoms with E-state index in [-0.39, 0.29) is 0 Å². The van der Waals surface area contributed by atoms with Gasteiger partial charge >= 0.3 is 0 Å². The highest BCUT2D eigenvalue weighted by Gasteiger charge is 2.11. The third kappa shape index (κ3) is 3.15. The van der Waals surface area contributed by atoms with Crippen molar-refractivity contribution in [3.8, 4) is 5.75 Å². The molecule has 4 heteroatoms. The zero-order valence-corrected chi connectivity index (χ0v) is 12.3. The lowest BCUT2D eigenvalue weighted by Crippen LogP contribution is -1.95. The molecule has 3 nitrogen and oxygen atoms in total. The molecule has 1 aromatic carbocycles. The second-order valence-corrected chi connectivity index (χ2v) is 4.78. The van der Waals surface area contributed by atoms with Crippen molar-refractivity contribution in [3.05, 3.63) is 64.6 Å². The number of pyridine rings is 1. The highest BCUT2D eigenvalue weighted by molar-refractivity contribution is 9.10. The van der Waals surface area contributed by atoms with Crippen LogP contribution in [0.4, 0.5) is 0 Å². The largest absolute Gasteiger partial charge is 0.504 e. The molecule has 1 aromatic heterocycles. The molecule has 1 heterocycles. The standard InChI is InChI=1S/C15H14BrNO2/c1-18-10-14(11-7-12(16)9-17-8-11)13-5-3-4-6-15(13)19-2/h3-10H,1-2H3. The summed E-state index contributed by atoms with van der Waals surface area (Å²) in [6, 6.07) is 9.80. The number of nitrogens with zero attached hydrogens (tertiary/aromatic N) is 1. The van der Waals surface area contributed by atoms with E-state index < -0.39 is 0 Å². The lowest BCUT2D eigenvalue weighted by Gasteiger charge is -2.12. The first-order valence-electron chi connectivity index (χ1n) is 5.73. The summed E-state index contributed by atoms with van der Waals surface area (Å²) in [7, 11) is 3.28. The molecule has 0 aliphatic heterocycles. The molecule has 98 valence electrons. The number of hydrogen-bond acceptors (Lipinski definition) is 3. The highest BCUT2D eigenvalue weighted by Crippen LogP contribution is 2.31. The van der Waals surface area contributed by atoms with Gasteiger partial charge in [0.1, 0.15) is 5.75 Å². The fourth-order valence-corrected chi connectivity index (χ4v) is 2.20. The molecule has 0 radical (unpaired) electrons. The first-order chi connectivity index (χ1) is 9.26.